The number of hydrogen-bond donors (Lipinski definition) is 1. The van der Waals surface area contributed by atoms with Crippen molar-refractivity contribution in [2.75, 3.05) is 6.54 Å². The van der Waals surface area contributed by atoms with Gasteiger partial charge in [-0.05, 0) is 30.5 Å². The number of aromatic nitrogens is 3. The number of carbonyl (C=O) groups excluding carboxylic acids is 1. The first-order chi connectivity index (χ1) is 10.3. The number of carbonyl (C=O) groups is 1. The molecule has 2 aromatic rings. The molecule has 0 aliphatic carbocycles. The maximum Gasteiger partial charge on any atom is 0.238 e. The van der Waals surface area contributed by atoms with E-state index in [2.05, 4.69) is 32.4 Å². The summed E-state index contributed by atoms with van der Waals surface area (Å²) < 4.78 is 1.72. The fourth-order valence-electron chi connectivity index (χ4n) is 3.28. The van der Waals surface area contributed by atoms with E-state index in [-0.39, 0.29) is 18.1 Å². The Bertz CT molecular complexity index is 637. The molecule has 0 spiro atoms. The lowest BCUT2D eigenvalue weighted by Gasteiger charge is -2.31. The second kappa shape index (κ2) is 4.96. The van der Waals surface area contributed by atoms with Crippen molar-refractivity contribution in [1.82, 2.24) is 25.0 Å². The van der Waals surface area contributed by atoms with E-state index in [4.69, 9.17) is 0 Å². The second-order valence-corrected chi connectivity index (χ2v) is 5.59. The van der Waals surface area contributed by atoms with Gasteiger partial charge in [0.2, 0.25) is 5.91 Å². The van der Waals surface area contributed by atoms with E-state index < -0.39 is 0 Å². The molecular weight excluding hydrogens is 266 g/mol. The number of piperidine rings is 1. The molecule has 3 heterocycles. The van der Waals surface area contributed by atoms with Gasteiger partial charge in [0, 0.05) is 6.54 Å². The molecule has 2 atom stereocenters. The number of amides is 1. The van der Waals surface area contributed by atoms with Gasteiger partial charge >= 0.3 is 0 Å². The molecule has 2 aliphatic rings. The minimum atomic E-state index is 0.00703. The molecular formula is C15H17N5O. The van der Waals surface area contributed by atoms with Gasteiger partial charge < -0.3 is 5.32 Å². The Hall–Kier alpha value is -2.21. The van der Waals surface area contributed by atoms with Crippen molar-refractivity contribution >= 4 is 5.91 Å². The van der Waals surface area contributed by atoms with Gasteiger partial charge in [-0.3, -0.25) is 9.69 Å². The quantitative estimate of drug-likeness (QED) is 0.901. The third-order valence-corrected chi connectivity index (χ3v) is 4.35. The molecule has 1 N–H and O–H groups in total. The summed E-state index contributed by atoms with van der Waals surface area (Å²) in [5.74, 6) is 0.167. The Morgan fingerprint density at radius 2 is 2.05 bits per heavy atom. The Morgan fingerprint density at radius 3 is 2.81 bits per heavy atom. The minimum absolute atomic E-state index is 0.00703. The summed E-state index contributed by atoms with van der Waals surface area (Å²) in [6.45, 7) is 0.985. The monoisotopic (exact) mass is 283 g/mol. The molecule has 1 aromatic heterocycles. The van der Waals surface area contributed by atoms with Crippen LogP contribution >= 0.6 is 0 Å². The Labute approximate surface area is 122 Å². The summed E-state index contributed by atoms with van der Waals surface area (Å²) in [5.41, 5.74) is 2.09. The first-order valence-electron chi connectivity index (χ1n) is 7.34. The van der Waals surface area contributed by atoms with E-state index in [1.807, 2.05) is 12.1 Å². The van der Waals surface area contributed by atoms with Gasteiger partial charge in [-0.15, -0.1) is 0 Å². The average Bonchev–Trinajstić information content (AvgIpc) is 3.17. The van der Waals surface area contributed by atoms with Gasteiger partial charge in [0.15, 0.2) is 0 Å². The van der Waals surface area contributed by atoms with Gasteiger partial charge in [-0.2, -0.15) is 5.10 Å². The van der Waals surface area contributed by atoms with Gasteiger partial charge in [0.1, 0.15) is 18.8 Å². The zero-order valence-corrected chi connectivity index (χ0v) is 11.6. The van der Waals surface area contributed by atoms with Crippen LogP contribution in [-0.4, -0.2) is 38.2 Å². The smallest absolute Gasteiger partial charge is 0.238 e. The number of hydrogen-bond acceptors (Lipinski definition) is 4. The lowest BCUT2D eigenvalue weighted by molar-refractivity contribution is -0.122. The van der Waals surface area contributed by atoms with Crippen molar-refractivity contribution in [3.05, 3.63) is 42.5 Å². The van der Waals surface area contributed by atoms with Crippen molar-refractivity contribution in [3.63, 3.8) is 0 Å². The van der Waals surface area contributed by atoms with Crippen LogP contribution in [0.25, 0.3) is 5.69 Å². The van der Waals surface area contributed by atoms with Crippen molar-refractivity contribution in [1.29, 1.82) is 0 Å². The van der Waals surface area contributed by atoms with Crippen LogP contribution in [-0.2, 0) is 4.79 Å². The number of benzene rings is 1. The highest BCUT2D eigenvalue weighted by Gasteiger charge is 2.41. The average molecular weight is 283 g/mol. The highest BCUT2D eigenvalue weighted by atomic mass is 16.2. The summed E-state index contributed by atoms with van der Waals surface area (Å²) in [7, 11) is 0. The lowest BCUT2D eigenvalue weighted by Crippen LogP contribution is -2.38. The molecule has 0 radical (unpaired) electrons. The number of rotatable bonds is 2. The van der Waals surface area contributed by atoms with Crippen molar-refractivity contribution in [2.24, 2.45) is 0 Å². The summed E-state index contributed by atoms with van der Waals surface area (Å²) in [5, 5.41) is 7.24. The SMILES string of the molecule is O=C1NC(c2ccc(-n3cncn3)cc2)N2CCCCC12. The largest absolute Gasteiger partial charge is 0.335 e. The fraction of sp³-hybridized carbons (Fsp3) is 0.400. The van der Waals surface area contributed by atoms with Crippen molar-refractivity contribution in [2.45, 2.75) is 31.5 Å². The number of fused-ring (bicyclic) bond motifs is 1. The predicted octanol–water partition coefficient (Wildman–Crippen LogP) is 1.25. The van der Waals surface area contributed by atoms with E-state index in [0.717, 1.165) is 30.6 Å². The van der Waals surface area contributed by atoms with Crippen LogP contribution in [0.2, 0.25) is 0 Å². The third kappa shape index (κ3) is 2.12. The molecule has 6 heteroatoms. The zero-order valence-electron chi connectivity index (χ0n) is 11.6. The van der Waals surface area contributed by atoms with Crippen LogP contribution < -0.4 is 5.32 Å². The maximum atomic E-state index is 12.1. The molecule has 0 bridgehead atoms. The zero-order chi connectivity index (χ0) is 14.2. The molecule has 6 nitrogen and oxygen atoms in total. The second-order valence-electron chi connectivity index (χ2n) is 5.59. The summed E-state index contributed by atoms with van der Waals surface area (Å²) >= 11 is 0. The van der Waals surface area contributed by atoms with E-state index in [1.165, 1.54) is 12.7 Å². The van der Waals surface area contributed by atoms with Crippen LogP contribution in [0.4, 0.5) is 0 Å². The molecule has 4 rings (SSSR count). The Kier molecular flexibility index (Phi) is 2.96. The molecule has 21 heavy (non-hydrogen) atoms. The van der Waals surface area contributed by atoms with E-state index in [1.54, 1.807) is 11.0 Å². The maximum absolute atomic E-state index is 12.1. The van der Waals surface area contributed by atoms with Crippen LogP contribution in [0.15, 0.2) is 36.9 Å². The number of nitrogens with one attached hydrogen (secondary N) is 1. The lowest BCUT2D eigenvalue weighted by atomic mass is 10.0. The molecule has 2 aliphatic heterocycles. The predicted molar refractivity (Wildman–Crippen MR) is 76.6 cm³/mol. The van der Waals surface area contributed by atoms with Crippen LogP contribution in [0.1, 0.15) is 31.0 Å². The van der Waals surface area contributed by atoms with Gasteiger partial charge in [-0.25, -0.2) is 9.67 Å². The molecule has 108 valence electrons. The van der Waals surface area contributed by atoms with Gasteiger partial charge in [-0.1, -0.05) is 18.6 Å². The van der Waals surface area contributed by atoms with Crippen LogP contribution in [0, 0.1) is 0 Å². The molecule has 2 fully saturated rings. The third-order valence-electron chi connectivity index (χ3n) is 4.35. The first kappa shape index (κ1) is 12.5. The highest BCUT2D eigenvalue weighted by Crippen LogP contribution is 2.32. The topological polar surface area (TPSA) is 63.1 Å². The van der Waals surface area contributed by atoms with E-state index >= 15 is 0 Å². The fourth-order valence-corrected chi connectivity index (χ4v) is 3.28. The standard InChI is InChI=1S/C15H17N5O/c21-15-13-3-1-2-8-19(13)14(18-15)11-4-6-12(7-5-11)20-10-16-9-17-20/h4-7,9-10,13-14H,1-3,8H2,(H,18,21). The highest BCUT2D eigenvalue weighted by molar-refractivity contribution is 5.84. The van der Waals surface area contributed by atoms with Crippen LogP contribution in [0.3, 0.4) is 0 Å². The normalized spacial score (nSPS) is 25.6. The minimum Gasteiger partial charge on any atom is -0.335 e. The molecule has 1 aromatic carbocycles. The Morgan fingerprint density at radius 1 is 1.19 bits per heavy atom. The molecule has 0 saturated carbocycles. The van der Waals surface area contributed by atoms with Gasteiger partial charge in [0.25, 0.3) is 0 Å². The molecule has 2 saturated heterocycles. The van der Waals surface area contributed by atoms with E-state index in [9.17, 15) is 4.79 Å². The summed E-state index contributed by atoms with van der Waals surface area (Å²) in [6, 6.07) is 8.18. The van der Waals surface area contributed by atoms with Crippen LogP contribution in [0.5, 0.6) is 0 Å². The molecule has 2 unspecified atom stereocenters. The van der Waals surface area contributed by atoms with Gasteiger partial charge in [0.05, 0.1) is 11.7 Å². The first-order valence-corrected chi connectivity index (χ1v) is 7.34. The Balaban J connectivity index is 1.60. The summed E-state index contributed by atoms with van der Waals surface area (Å²) in [6.07, 6.45) is 6.48. The molecule has 1 amide bonds. The summed E-state index contributed by atoms with van der Waals surface area (Å²) in [4.78, 5) is 18.3. The van der Waals surface area contributed by atoms with Crippen molar-refractivity contribution < 1.29 is 4.79 Å². The van der Waals surface area contributed by atoms with Crippen molar-refractivity contribution in [3.8, 4) is 5.69 Å². The van der Waals surface area contributed by atoms with E-state index in [0.29, 0.717) is 0 Å². The number of nitrogens with zero attached hydrogens (tertiary/aromatic N) is 4.